The maximum Gasteiger partial charge on any atom is 0.257 e. The van der Waals surface area contributed by atoms with E-state index in [4.69, 9.17) is 0 Å². The van der Waals surface area contributed by atoms with Crippen molar-refractivity contribution in [2.75, 3.05) is 6.54 Å². The van der Waals surface area contributed by atoms with Crippen molar-refractivity contribution < 1.29 is 9.18 Å². The quantitative estimate of drug-likeness (QED) is 0.722. The first kappa shape index (κ1) is 16.4. The van der Waals surface area contributed by atoms with Crippen molar-refractivity contribution in [1.82, 2.24) is 29.4 Å². The number of fused-ring (bicyclic) bond motifs is 1. The molecule has 0 atom stereocenters. The Morgan fingerprint density at radius 2 is 2.12 bits per heavy atom. The topological polar surface area (TPSA) is 68.8 Å². The number of benzene rings is 1. The third kappa shape index (κ3) is 2.58. The molecule has 4 rings (SSSR count). The molecular formula is C18H19FN6O. The highest BCUT2D eigenvalue weighted by molar-refractivity contribution is 5.94. The van der Waals surface area contributed by atoms with Crippen LogP contribution in [0.15, 0.2) is 30.6 Å². The van der Waals surface area contributed by atoms with E-state index in [0.29, 0.717) is 25.3 Å². The SMILES string of the molecule is CCn1cnnc1-c1nn(C)c2c1CN(C(=O)c1ccccc1F)CC2. The van der Waals surface area contributed by atoms with Crippen LogP contribution in [0.25, 0.3) is 11.5 Å². The highest BCUT2D eigenvalue weighted by Crippen LogP contribution is 2.29. The molecule has 0 unspecified atom stereocenters. The molecule has 0 spiro atoms. The van der Waals surface area contributed by atoms with Crippen molar-refractivity contribution in [2.24, 2.45) is 7.05 Å². The maximum atomic E-state index is 14.0. The van der Waals surface area contributed by atoms with Gasteiger partial charge in [0, 0.05) is 37.8 Å². The third-order valence-electron chi connectivity index (χ3n) is 4.80. The molecule has 0 aliphatic carbocycles. The summed E-state index contributed by atoms with van der Waals surface area (Å²) in [5.74, 6) is -0.120. The minimum absolute atomic E-state index is 0.0955. The van der Waals surface area contributed by atoms with Gasteiger partial charge in [-0.15, -0.1) is 10.2 Å². The molecule has 0 N–H and O–H groups in total. The van der Waals surface area contributed by atoms with Gasteiger partial charge in [-0.05, 0) is 19.1 Å². The van der Waals surface area contributed by atoms with E-state index in [9.17, 15) is 9.18 Å². The van der Waals surface area contributed by atoms with Gasteiger partial charge in [0.15, 0.2) is 5.82 Å². The second-order valence-electron chi connectivity index (χ2n) is 6.29. The van der Waals surface area contributed by atoms with E-state index in [1.54, 1.807) is 23.4 Å². The van der Waals surface area contributed by atoms with Crippen LogP contribution in [0.2, 0.25) is 0 Å². The second-order valence-corrected chi connectivity index (χ2v) is 6.29. The number of halogens is 1. The van der Waals surface area contributed by atoms with Gasteiger partial charge in [-0.1, -0.05) is 12.1 Å². The number of hydrogen-bond acceptors (Lipinski definition) is 4. The Kier molecular flexibility index (Phi) is 4.02. The number of aryl methyl sites for hydroxylation is 2. The summed E-state index contributed by atoms with van der Waals surface area (Å²) < 4.78 is 17.8. The summed E-state index contributed by atoms with van der Waals surface area (Å²) in [5.41, 5.74) is 2.85. The van der Waals surface area contributed by atoms with Gasteiger partial charge in [0.2, 0.25) is 0 Å². The molecule has 7 nitrogen and oxygen atoms in total. The lowest BCUT2D eigenvalue weighted by atomic mass is 10.0. The molecule has 3 heterocycles. The summed E-state index contributed by atoms with van der Waals surface area (Å²) in [6.07, 6.45) is 2.33. The lowest BCUT2D eigenvalue weighted by Gasteiger charge is -2.27. The Morgan fingerprint density at radius 1 is 1.31 bits per heavy atom. The van der Waals surface area contributed by atoms with E-state index < -0.39 is 5.82 Å². The highest BCUT2D eigenvalue weighted by atomic mass is 19.1. The number of hydrogen-bond donors (Lipinski definition) is 0. The number of carbonyl (C=O) groups excluding carboxylic acids is 1. The summed E-state index contributed by atoms with van der Waals surface area (Å²) in [5, 5.41) is 12.8. The standard InChI is InChI=1S/C18H19FN6O/c1-3-24-11-20-21-17(24)16-13-10-25(9-8-15(13)23(2)22-16)18(26)12-6-4-5-7-14(12)19/h4-7,11H,3,8-10H2,1-2H3. The van der Waals surface area contributed by atoms with E-state index in [2.05, 4.69) is 15.3 Å². The molecule has 134 valence electrons. The molecule has 3 aromatic rings. The van der Waals surface area contributed by atoms with Gasteiger partial charge in [0.1, 0.15) is 17.8 Å². The molecule has 1 aliphatic heterocycles. The monoisotopic (exact) mass is 354 g/mol. The minimum Gasteiger partial charge on any atom is -0.334 e. The van der Waals surface area contributed by atoms with E-state index in [1.807, 2.05) is 23.2 Å². The van der Waals surface area contributed by atoms with Crippen LogP contribution in [-0.2, 0) is 26.6 Å². The lowest BCUT2D eigenvalue weighted by molar-refractivity contribution is 0.0729. The van der Waals surface area contributed by atoms with Crippen LogP contribution in [0.1, 0.15) is 28.5 Å². The molecule has 2 aromatic heterocycles. The third-order valence-corrected chi connectivity index (χ3v) is 4.80. The van der Waals surface area contributed by atoms with Gasteiger partial charge < -0.3 is 9.47 Å². The molecule has 0 saturated carbocycles. The number of rotatable bonds is 3. The second kappa shape index (κ2) is 6.36. The van der Waals surface area contributed by atoms with Gasteiger partial charge in [0.05, 0.1) is 12.1 Å². The van der Waals surface area contributed by atoms with E-state index in [0.717, 1.165) is 23.5 Å². The summed E-state index contributed by atoms with van der Waals surface area (Å²) in [4.78, 5) is 14.4. The lowest BCUT2D eigenvalue weighted by Crippen LogP contribution is -2.36. The Hall–Kier alpha value is -3.03. The first-order chi connectivity index (χ1) is 12.6. The number of carbonyl (C=O) groups is 1. The first-order valence-electron chi connectivity index (χ1n) is 8.56. The zero-order chi connectivity index (χ0) is 18.3. The summed E-state index contributed by atoms with van der Waals surface area (Å²) in [6, 6.07) is 6.08. The average Bonchev–Trinajstić information content (AvgIpc) is 3.25. The fraction of sp³-hybridized carbons (Fsp3) is 0.333. The Labute approximate surface area is 150 Å². The van der Waals surface area contributed by atoms with Gasteiger partial charge in [-0.2, -0.15) is 5.10 Å². The minimum atomic E-state index is -0.500. The average molecular weight is 354 g/mol. The van der Waals surface area contributed by atoms with E-state index >= 15 is 0 Å². The van der Waals surface area contributed by atoms with Crippen LogP contribution in [0.3, 0.4) is 0 Å². The summed E-state index contributed by atoms with van der Waals surface area (Å²) >= 11 is 0. The normalized spacial score (nSPS) is 13.7. The van der Waals surface area contributed by atoms with Crippen LogP contribution >= 0.6 is 0 Å². The van der Waals surface area contributed by atoms with Crippen LogP contribution in [0, 0.1) is 5.82 Å². The molecule has 0 radical (unpaired) electrons. The van der Waals surface area contributed by atoms with Crippen molar-refractivity contribution in [3.63, 3.8) is 0 Å². The van der Waals surface area contributed by atoms with E-state index in [-0.39, 0.29) is 11.5 Å². The molecule has 1 aliphatic rings. The van der Waals surface area contributed by atoms with Gasteiger partial charge in [0.25, 0.3) is 5.91 Å². The number of nitrogens with zero attached hydrogens (tertiary/aromatic N) is 6. The van der Waals surface area contributed by atoms with Crippen molar-refractivity contribution in [2.45, 2.75) is 26.4 Å². The van der Waals surface area contributed by atoms with Crippen molar-refractivity contribution in [3.05, 3.63) is 53.2 Å². The number of amides is 1. The molecule has 0 bridgehead atoms. The predicted octanol–water partition coefficient (Wildman–Crippen LogP) is 2.04. The summed E-state index contributed by atoms with van der Waals surface area (Å²) in [6.45, 7) is 3.64. The first-order valence-corrected chi connectivity index (χ1v) is 8.56. The smallest absolute Gasteiger partial charge is 0.257 e. The van der Waals surface area contributed by atoms with Crippen molar-refractivity contribution >= 4 is 5.91 Å². The highest BCUT2D eigenvalue weighted by Gasteiger charge is 2.30. The molecule has 0 fully saturated rings. The molecule has 0 saturated heterocycles. The van der Waals surface area contributed by atoms with Crippen LogP contribution in [0.4, 0.5) is 4.39 Å². The molecule has 1 amide bonds. The van der Waals surface area contributed by atoms with E-state index in [1.165, 1.54) is 12.1 Å². The molecule has 26 heavy (non-hydrogen) atoms. The Bertz CT molecular complexity index is 976. The molecule has 1 aromatic carbocycles. The predicted molar refractivity (Wildman–Crippen MR) is 92.7 cm³/mol. The van der Waals surface area contributed by atoms with Gasteiger partial charge in [-0.25, -0.2) is 4.39 Å². The Balaban J connectivity index is 1.71. The zero-order valence-corrected chi connectivity index (χ0v) is 14.7. The van der Waals surface area contributed by atoms with Gasteiger partial charge >= 0.3 is 0 Å². The van der Waals surface area contributed by atoms with Crippen LogP contribution < -0.4 is 0 Å². The van der Waals surface area contributed by atoms with Crippen molar-refractivity contribution in [1.29, 1.82) is 0 Å². The molecule has 8 heteroatoms. The summed E-state index contributed by atoms with van der Waals surface area (Å²) in [7, 11) is 1.89. The Morgan fingerprint density at radius 3 is 2.88 bits per heavy atom. The van der Waals surface area contributed by atoms with Crippen molar-refractivity contribution in [3.8, 4) is 11.5 Å². The number of aromatic nitrogens is 5. The largest absolute Gasteiger partial charge is 0.334 e. The van der Waals surface area contributed by atoms with Crippen LogP contribution in [0.5, 0.6) is 0 Å². The van der Waals surface area contributed by atoms with Gasteiger partial charge in [-0.3, -0.25) is 9.48 Å². The fourth-order valence-corrected chi connectivity index (χ4v) is 3.42. The molecular weight excluding hydrogens is 335 g/mol. The van der Waals surface area contributed by atoms with Crippen LogP contribution in [-0.4, -0.2) is 41.9 Å². The zero-order valence-electron chi connectivity index (χ0n) is 14.7. The maximum absolute atomic E-state index is 14.0. The fourth-order valence-electron chi connectivity index (χ4n) is 3.42.